The van der Waals surface area contributed by atoms with Crippen LogP contribution in [0.2, 0.25) is 0 Å². The molecule has 0 aliphatic carbocycles. The van der Waals surface area contributed by atoms with Crippen LogP contribution in [0.25, 0.3) is 0 Å². The van der Waals surface area contributed by atoms with Gasteiger partial charge < -0.3 is 9.47 Å². The van der Waals surface area contributed by atoms with E-state index >= 15 is 0 Å². The smallest absolute Gasteiger partial charge is 0.119 e. The number of rotatable bonds is 8. The van der Waals surface area contributed by atoms with E-state index in [9.17, 15) is 0 Å². The van der Waals surface area contributed by atoms with Crippen molar-refractivity contribution in [2.75, 3.05) is 6.61 Å². The number of ether oxygens (including phenoxy) is 2. The number of hydrogen-bond donors (Lipinski definition) is 0. The Labute approximate surface area is 129 Å². The maximum absolute atomic E-state index is 5.75. The topological polar surface area (TPSA) is 21.8 Å². The van der Waals surface area contributed by atoms with Gasteiger partial charge in [-0.1, -0.05) is 31.6 Å². The summed E-state index contributed by atoms with van der Waals surface area (Å²) in [5.41, 5.74) is 2.88. The molecule has 0 saturated carbocycles. The van der Waals surface area contributed by atoms with Gasteiger partial charge in [0.05, 0.1) is 11.7 Å². The fourth-order valence-corrected chi connectivity index (χ4v) is 2.53. The third kappa shape index (κ3) is 4.60. The van der Waals surface area contributed by atoms with Crippen molar-refractivity contribution in [3.63, 3.8) is 0 Å². The summed E-state index contributed by atoms with van der Waals surface area (Å²) in [4.78, 5) is 0. The van der Waals surface area contributed by atoms with Crippen molar-refractivity contribution in [2.24, 2.45) is 0 Å². The van der Waals surface area contributed by atoms with Crippen LogP contribution in [0.3, 0.4) is 0 Å². The van der Waals surface area contributed by atoms with Crippen LogP contribution >= 0.6 is 0 Å². The zero-order chi connectivity index (χ0) is 15.3. The Balaban J connectivity index is 1.68. The third-order valence-electron chi connectivity index (χ3n) is 4.55. The molecule has 0 spiro atoms. The predicted molar refractivity (Wildman–Crippen MR) is 87.9 cm³/mol. The van der Waals surface area contributed by atoms with Gasteiger partial charge in [0, 0.05) is 0 Å². The molecule has 0 amide bonds. The molecule has 21 heavy (non-hydrogen) atoms. The van der Waals surface area contributed by atoms with Crippen LogP contribution < -0.4 is 4.74 Å². The molecule has 2 atom stereocenters. The number of epoxide rings is 1. The molecule has 0 aromatic heterocycles. The average Bonchev–Trinajstić information content (AvgIpc) is 3.17. The lowest BCUT2D eigenvalue weighted by molar-refractivity contribution is 0.300. The Morgan fingerprint density at radius 1 is 1.29 bits per heavy atom. The van der Waals surface area contributed by atoms with Gasteiger partial charge >= 0.3 is 0 Å². The summed E-state index contributed by atoms with van der Waals surface area (Å²) < 4.78 is 11.5. The van der Waals surface area contributed by atoms with Gasteiger partial charge in [0.15, 0.2) is 0 Å². The quantitative estimate of drug-likeness (QED) is 0.500. The first-order valence-corrected chi connectivity index (χ1v) is 8.12. The van der Waals surface area contributed by atoms with Gasteiger partial charge in [-0.15, -0.1) is 0 Å². The van der Waals surface area contributed by atoms with E-state index in [4.69, 9.17) is 9.47 Å². The van der Waals surface area contributed by atoms with Gasteiger partial charge in [-0.05, 0) is 63.3 Å². The molecule has 2 nitrogen and oxygen atoms in total. The summed E-state index contributed by atoms with van der Waals surface area (Å²) >= 11 is 0. The van der Waals surface area contributed by atoms with Gasteiger partial charge in [-0.2, -0.15) is 0 Å². The predicted octanol–water partition coefficient (Wildman–Crippen LogP) is 4.92. The molecule has 2 rings (SSSR count). The van der Waals surface area contributed by atoms with E-state index in [1.165, 1.54) is 11.1 Å². The van der Waals surface area contributed by atoms with Gasteiger partial charge in [0.2, 0.25) is 0 Å². The molecule has 1 fully saturated rings. The maximum Gasteiger partial charge on any atom is 0.119 e. The van der Waals surface area contributed by atoms with Crippen molar-refractivity contribution >= 4 is 0 Å². The standard InChI is InChI=1S/C19H28O2/c1-5-16-8-10-17(11-9-16)20-14-13-15(3)7-12-18-19(4,6-2)21-18/h8-11,13,18H,5-7,12,14H2,1-4H3/b15-13+/t18-,19-/m1/s1. The fraction of sp³-hybridized carbons (Fsp3) is 0.579. The Bertz CT molecular complexity index is 475. The van der Waals surface area contributed by atoms with Crippen molar-refractivity contribution in [1.29, 1.82) is 0 Å². The lowest BCUT2D eigenvalue weighted by atomic mass is 9.99. The molecular formula is C19H28O2. The normalized spacial score (nSPS) is 25.0. The molecule has 0 N–H and O–H groups in total. The number of aryl methyl sites for hydroxylation is 1. The van der Waals surface area contributed by atoms with E-state index < -0.39 is 0 Å². The van der Waals surface area contributed by atoms with Gasteiger partial charge in [-0.25, -0.2) is 0 Å². The number of allylic oxidation sites excluding steroid dienone is 1. The largest absolute Gasteiger partial charge is 0.490 e. The zero-order valence-electron chi connectivity index (χ0n) is 13.8. The molecule has 0 unspecified atom stereocenters. The highest BCUT2D eigenvalue weighted by Crippen LogP contribution is 2.42. The van der Waals surface area contributed by atoms with Crippen LogP contribution in [-0.4, -0.2) is 18.3 Å². The van der Waals surface area contributed by atoms with Crippen LogP contribution in [0.15, 0.2) is 35.9 Å². The highest BCUT2D eigenvalue weighted by molar-refractivity contribution is 5.27. The molecule has 1 aromatic rings. The van der Waals surface area contributed by atoms with Crippen LogP contribution in [0.5, 0.6) is 5.75 Å². The van der Waals surface area contributed by atoms with Crippen molar-refractivity contribution in [1.82, 2.24) is 0 Å². The van der Waals surface area contributed by atoms with E-state index in [0.29, 0.717) is 12.7 Å². The maximum atomic E-state index is 5.75. The third-order valence-corrected chi connectivity index (χ3v) is 4.55. The van der Waals surface area contributed by atoms with Crippen LogP contribution in [0.4, 0.5) is 0 Å². The monoisotopic (exact) mass is 288 g/mol. The Morgan fingerprint density at radius 2 is 2.00 bits per heavy atom. The van der Waals surface area contributed by atoms with Crippen molar-refractivity contribution in [3.8, 4) is 5.75 Å². The van der Waals surface area contributed by atoms with Crippen LogP contribution in [-0.2, 0) is 11.2 Å². The van der Waals surface area contributed by atoms with E-state index in [1.807, 2.05) is 12.1 Å². The van der Waals surface area contributed by atoms with Gasteiger partial charge in [0.1, 0.15) is 12.4 Å². The van der Waals surface area contributed by atoms with E-state index in [0.717, 1.165) is 31.4 Å². The molecular weight excluding hydrogens is 260 g/mol. The Kier molecular flexibility index (Phi) is 5.46. The summed E-state index contributed by atoms with van der Waals surface area (Å²) in [7, 11) is 0. The summed E-state index contributed by atoms with van der Waals surface area (Å²) in [5, 5.41) is 0. The van der Waals surface area contributed by atoms with E-state index in [1.54, 1.807) is 0 Å². The molecule has 1 aromatic carbocycles. The Hall–Kier alpha value is -1.28. The SMILES string of the molecule is CCc1ccc(OC/C=C(\C)CC[C@H]2O[C@]2(C)CC)cc1. The second kappa shape index (κ2) is 7.13. The minimum Gasteiger partial charge on any atom is -0.490 e. The second-order valence-corrected chi connectivity index (χ2v) is 6.17. The molecule has 0 radical (unpaired) electrons. The van der Waals surface area contributed by atoms with Gasteiger partial charge in [-0.3, -0.25) is 0 Å². The summed E-state index contributed by atoms with van der Waals surface area (Å²) in [6.45, 7) is 9.39. The highest BCUT2D eigenvalue weighted by atomic mass is 16.6. The minimum atomic E-state index is 0.151. The molecule has 1 aliphatic rings. The van der Waals surface area contributed by atoms with Gasteiger partial charge in [0.25, 0.3) is 0 Å². The molecule has 1 saturated heterocycles. The Morgan fingerprint density at radius 3 is 2.57 bits per heavy atom. The first kappa shape index (κ1) is 16.1. The molecule has 1 aliphatic heterocycles. The first-order valence-electron chi connectivity index (χ1n) is 8.12. The molecule has 2 heteroatoms. The van der Waals surface area contributed by atoms with E-state index in [-0.39, 0.29) is 5.60 Å². The van der Waals surface area contributed by atoms with Crippen LogP contribution in [0.1, 0.15) is 52.5 Å². The zero-order valence-corrected chi connectivity index (χ0v) is 13.8. The summed E-state index contributed by atoms with van der Waals surface area (Å²) in [5.74, 6) is 0.945. The minimum absolute atomic E-state index is 0.151. The number of hydrogen-bond acceptors (Lipinski definition) is 2. The van der Waals surface area contributed by atoms with Crippen molar-refractivity contribution in [2.45, 2.75) is 65.1 Å². The first-order chi connectivity index (χ1) is 10.1. The highest BCUT2D eigenvalue weighted by Gasteiger charge is 2.49. The lowest BCUT2D eigenvalue weighted by Gasteiger charge is -2.06. The summed E-state index contributed by atoms with van der Waals surface area (Å²) in [6, 6.07) is 8.35. The number of benzene rings is 1. The molecule has 116 valence electrons. The van der Waals surface area contributed by atoms with Crippen LogP contribution in [0, 0.1) is 0 Å². The summed E-state index contributed by atoms with van der Waals surface area (Å²) in [6.07, 6.45) is 7.03. The second-order valence-electron chi connectivity index (χ2n) is 6.17. The van der Waals surface area contributed by atoms with Crippen molar-refractivity contribution < 1.29 is 9.47 Å². The fourth-order valence-electron chi connectivity index (χ4n) is 2.53. The van der Waals surface area contributed by atoms with Crippen molar-refractivity contribution in [3.05, 3.63) is 41.5 Å². The average molecular weight is 288 g/mol. The lowest BCUT2D eigenvalue weighted by Crippen LogP contribution is -2.07. The molecule has 1 heterocycles. The van der Waals surface area contributed by atoms with E-state index in [2.05, 4.69) is 45.9 Å². The molecule has 0 bridgehead atoms.